The number of nitrogens with one attached hydrogen (secondary N) is 1. The monoisotopic (exact) mass is 293 g/mol. The predicted octanol–water partition coefficient (Wildman–Crippen LogP) is 1.66. The van der Waals surface area contributed by atoms with Crippen molar-refractivity contribution in [1.82, 2.24) is 4.72 Å². The molecule has 0 aromatic heterocycles. The molecule has 0 heterocycles. The van der Waals surface area contributed by atoms with Gasteiger partial charge in [-0.3, -0.25) is 0 Å². The highest BCUT2D eigenvalue weighted by molar-refractivity contribution is 7.89. The first-order chi connectivity index (χ1) is 8.40. The van der Waals surface area contributed by atoms with Crippen LogP contribution in [0.2, 0.25) is 5.02 Å². The third-order valence-corrected chi connectivity index (χ3v) is 4.11. The number of rotatable bonds is 6. The second-order valence-corrected chi connectivity index (χ2v) is 5.87. The number of methoxy groups -OCH3 is 2. The fourth-order valence-corrected chi connectivity index (χ4v) is 2.67. The molecule has 0 radical (unpaired) electrons. The molecular weight excluding hydrogens is 278 g/mol. The summed E-state index contributed by atoms with van der Waals surface area (Å²) in [6, 6.07) is 4.29. The van der Waals surface area contributed by atoms with Crippen LogP contribution in [0, 0.1) is 0 Å². The van der Waals surface area contributed by atoms with Gasteiger partial charge in [0, 0.05) is 13.7 Å². The van der Waals surface area contributed by atoms with Crippen molar-refractivity contribution in [3.8, 4) is 5.75 Å². The maximum atomic E-state index is 11.9. The lowest BCUT2D eigenvalue weighted by Gasteiger charge is -2.12. The lowest BCUT2D eigenvalue weighted by Crippen LogP contribution is -2.31. The minimum absolute atomic E-state index is 0.0941. The van der Waals surface area contributed by atoms with Crippen LogP contribution < -0.4 is 9.46 Å². The van der Waals surface area contributed by atoms with Crippen LogP contribution in [0.25, 0.3) is 0 Å². The average molecular weight is 294 g/mol. The van der Waals surface area contributed by atoms with E-state index in [1.54, 1.807) is 6.92 Å². The van der Waals surface area contributed by atoms with Crippen molar-refractivity contribution in [2.75, 3.05) is 20.8 Å². The molecule has 1 atom stereocenters. The molecule has 7 heteroatoms. The Labute approximate surface area is 112 Å². The van der Waals surface area contributed by atoms with Gasteiger partial charge < -0.3 is 9.47 Å². The van der Waals surface area contributed by atoms with Crippen LogP contribution in [0.5, 0.6) is 5.75 Å². The van der Waals surface area contributed by atoms with Gasteiger partial charge in [-0.25, -0.2) is 13.1 Å². The molecule has 1 aromatic rings. The number of benzene rings is 1. The summed E-state index contributed by atoms with van der Waals surface area (Å²) < 4.78 is 36.2. The quantitative estimate of drug-likeness (QED) is 0.866. The molecule has 0 amide bonds. The average Bonchev–Trinajstić information content (AvgIpc) is 2.35. The number of hydrogen-bond acceptors (Lipinski definition) is 4. The van der Waals surface area contributed by atoms with Crippen LogP contribution in [0.1, 0.15) is 6.92 Å². The maximum absolute atomic E-state index is 11.9. The normalized spacial score (nSPS) is 13.3. The van der Waals surface area contributed by atoms with Crippen LogP contribution in [-0.4, -0.2) is 35.3 Å². The van der Waals surface area contributed by atoms with Gasteiger partial charge in [-0.2, -0.15) is 0 Å². The summed E-state index contributed by atoms with van der Waals surface area (Å²) >= 11 is 5.88. The van der Waals surface area contributed by atoms with Crippen LogP contribution in [0.15, 0.2) is 23.1 Å². The first kappa shape index (κ1) is 15.2. The van der Waals surface area contributed by atoms with Gasteiger partial charge >= 0.3 is 0 Å². The van der Waals surface area contributed by atoms with Crippen molar-refractivity contribution in [2.24, 2.45) is 0 Å². The standard InChI is InChI=1S/C11H16ClNO4S/c1-8(16-2)7-13-18(14,15)9-4-5-11(17-3)10(12)6-9/h4-6,8,13H,7H2,1-3H3. The van der Waals surface area contributed by atoms with Gasteiger partial charge in [-0.1, -0.05) is 11.6 Å². The number of halogens is 1. The molecule has 0 aliphatic heterocycles. The lowest BCUT2D eigenvalue weighted by atomic mass is 10.3. The highest BCUT2D eigenvalue weighted by atomic mass is 35.5. The Morgan fingerprint density at radius 1 is 1.39 bits per heavy atom. The molecule has 1 rings (SSSR count). The second kappa shape index (κ2) is 6.38. The summed E-state index contributed by atoms with van der Waals surface area (Å²) in [4.78, 5) is 0.0941. The number of ether oxygens (including phenoxy) is 2. The third kappa shape index (κ3) is 3.84. The van der Waals surface area contributed by atoms with E-state index in [2.05, 4.69) is 4.72 Å². The summed E-state index contributed by atoms with van der Waals surface area (Å²) in [7, 11) is -0.600. The Balaban J connectivity index is 2.88. The van der Waals surface area contributed by atoms with Crippen LogP contribution in [0.3, 0.4) is 0 Å². The van der Waals surface area contributed by atoms with E-state index >= 15 is 0 Å². The zero-order valence-corrected chi connectivity index (χ0v) is 12.0. The Morgan fingerprint density at radius 2 is 2.06 bits per heavy atom. The fraction of sp³-hybridized carbons (Fsp3) is 0.455. The smallest absolute Gasteiger partial charge is 0.240 e. The molecular formula is C11H16ClNO4S. The lowest BCUT2D eigenvalue weighted by molar-refractivity contribution is 0.122. The van der Waals surface area contributed by atoms with E-state index in [-0.39, 0.29) is 22.6 Å². The van der Waals surface area contributed by atoms with Crippen LogP contribution in [-0.2, 0) is 14.8 Å². The molecule has 18 heavy (non-hydrogen) atoms. The third-order valence-electron chi connectivity index (χ3n) is 2.40. The van der Waals surface area contributed by atoms with Crippen LogP contribution >= 0.6 is 11.6 Å². The van der Waals surface area contributed by atoms with Gasteiger partial charge in [-0.15, -0.1) is 0 Å². The first-order valence-corrected chi connectivity index (χ1v) is 7.13. The van der Waals surface area contributed by atoms with Gasteiger partial charge in [0.15, 0.2) is 0 Å². The van der Waals surface area contributed by atoms with E-state index in [9.17, 15) is 8.42 Å². The zero-order valence-electron chi connectivity index (χ0n) is 10.4. The molecule has 0 bridgehead atoms. The van der Waals surface area contributed by atoms with Crippen molar-refractivity contribution in [1.29, 1.82) is 0 Å². The summed E-state index contributed by atoms with van der Waals surface area (Å²) in [5, 5.41) is 0.250. The second-order valence-electron chi connectivity index (χ2n) is 3.69. The first-order valence-electron chi connectivity index (χ1n) is 5.26. The summed E-state index contributed by atoms with van der Waals surface area (Å²) in [6.45, 7) is 1.96. The minimum Gasteiger partial charge on any atom is -0.495 e. The van der Waals surface area contributed by atoms with E-state index in [1.165, 1.54) is 32.4 Å². The summed E-state index contributed by atoms with van der Waals surface area (Å²) in [5.41, 5.74) is 0. The van der Waals surface area contributed by atoms with Crippen molar-refractivity contribution in [2.45, 2.75) is 17.9 Å². The molecule has 0 fully saturated rings. The molecule has 0 spiro atoms. The predicted molar refractivity (Wildman–Crippen MR) is 69.7 cm³/mol. The van der Waals surface area contributed by atoms with Gasteiger partial charge in [0.25, 0.3) is 0 Å². The topological polar surface area (TPSA) is 64.6 Å². The number of hydrogen-bond donors (Lipinski definition) is 1. The molecule has 0 saturated carbocycles. The van der Waals surface area contributed by atoms with E-state index in [0.29, 0.717) is 5.75 Å². The molecule has 0 aliphatic rings. The van der Waals surface area contributed by atoms with Gasteiger partial charge in [0.2, 0.25) is 10.0 Å². The van der Waals surface area contributed by atoms with Crippen molar-refractivity contribution >= 4 is 21.6 Å². The Bertz CT molecular complexity index is 504. The van der Waals surface area contributed by atoms with Gasteiger partial charge in [0.1, 0.15) is 5.75 Å². The SMILES string of the molecule is COc1ccc(S(=O)(=O)NCC(C)OC)cc1Cl. The van der Waals surface area contributed by atoms with E-state index in [1.807, 2.05) is 0 Å². The minimum atomic E-state index is -3.58. The summed E-state index contributed by atoms with van der Waals surface area (Å²) in [6.07, 6.45) is -0.200. The van der Waals surface area contributed by atoms with Gasteiger partial charge in [0.05, 0.1) is 23.1 Å². The molecule has 5 nitrogen and oxygen atoms in total. The maximum Gasteiger partial charge on any atom is 0.240 e. The molecule has 1 N–H and O–H groups in total. The molecule has 1 unspecified atom stereocenters. The van der Waals surface area contributed by atoms with Crippen molar-refractivity contribution in [3.05, 3.63) is 23.2 Å². The Hall–Kier alpha value is -0.820. The number of sulfonamides is 1. The largest absolute Gasteiger partial charge is 0.495 e. The van der Waals surface area contributed by atoms with E-state index < -0.39 is 10.0 Å². The summed E-state index contributed by atoms with van der Waals surface area (Å²) in [5.74, 6) is 0.431. The Morgan fingerprint density at radius 3 is 2.56 bits per heavy atom. The fourth-order valence-electron chi connectivity index (χ4n) is 1.21. The highest BCUT2D eigenvalue weighted by Gasteiger charge is 2.16. The zero-order chi connectivity index (χ0) is 13.8. The Kier molecular flexibility index (Phi) is 5.40. The van der Waals surface area contributed by atoms with Crippen molar-refractivity contribution < 1.29 is 17.9 Å². The van der Waals surface area contributed by atoms with E-state index in [4.69, 9.17) is 21.1 Å². The molecule has 1 aromatic carbocycles. The molecule has 0 saturated heterocycles. The van der Waals surface area contributed by atoms with Gasteiger partial charge in [-0.05, 0) is 25.1 Å². The highest BCUT2D eigenvalue weighted by Crippen LogP contribution is 2.26. The van der Waals surface area contributed by atoms with Crippen LogP contribution in [0.4, 0.5) is 0 Å². The molecule has 102 valence electrons. The van der Waals surface area contributed by atoms with Crippen molar-refractivity contribution in [3.63, 3.8) is 0 Å². The van der Waals surface area contributed by atoms with E-state index in [0.717, 1.165) is 0 Å². The molecule has 0 aliphatic carbocycles.